The predicted molar refractivity (Wildman–Crippen MR) is 79.4 cm³/mol. The maximum absolute atomic E-state index is 11.4. The lowest BCUT2D eigenvalue weighted by Gasteiger charge is -2.12. The summed E-state index contributed by atoms with van der Waals surface area (Å²) in [6, 6.07) is 4.33. The molecule has 0 aliphatic rings. The van der Waals surface area contributed by atoms with Crippen molar-refractivity contribution >= 4 is 43.8 Å². The van der Waals surface area contributed by atoms with Gasteiger partial charge in [-0.3, -0.25) is 0 Å². The molecule has 0 bridgehead atoms. The molecule has 0 amide bonds. The fraction of sp³-hybridized carbons (Fsp3) is 0.182. The van der Waals surface area contributed by atoms with Crippen LogP contribution < -0.4 is 15.2 Å². The first kappa shape index (κ1) is 15.0. The lowest BCUT2D eigenvalue weighted by Crippen LogP contribution is -2.12. The van der Waals surface area contributed by atoms with E-state index in [1.165, 1.54) is 23.5 Å². The van der Waals surface area contributed by atoms with Crippen LogP contribution in [-0.2, 0) is 10.0 Å². The molecular weight excluding hydrogens is 322 g/mol. The van der Waals surface area contributed by atoms with Crippen LogP contribution >= 0.6 is 22.9 Å². The van der Waals surface area contributed by atoms with E-state index in [0.717, 1.165) is 0 Å². The first-order valence-corrected chi connectivity index (χ1v) is 8.38. The second-order valence-electron chi connectivity index (χ2n) is 3.74. The van der Waals surface area contributed by atoms with E-state index >= 15 is 0 Å². The number of sulfonamides is 1. The molecule has 1 heterocycles. The summed E-state index contributed by atoms with van der Waals surface area (Å²) in [6.45, 7) is 2.28. The summed E-state index contributed by atoms with van der Waals surface area (Å²) in [5.74, 6) is 0.506. The van der Waals surface area contributed by atoms with Gasteiger partial charge in [-0.05, 0) is 25.1 Å². The zero-order valence-corrected chi connectivity index (χ0v) is 12.8. The van der Waals surface area contributed by atoms with Crippen LogP contribution in [0, 0.1) is 0 Å². The summed E-state index contributed by atoms with van der Waals surface area (Å²) < 4.78 is 28.2. The van der Waals surface area contributed by atoms with E-state index in [2.05, 4.69) is 10.3 Å². The van der Waals surface area contributed by atoms with Gasteiger partial charge >= 0.3 is 0 Å². The van der Waals surface area contributed by atoms with Crippen molar-refractivity contribution < 1.29 is 13.2 Å². The molecule has 0 aliphatic carbocycles. The molecule has 0 unspecified atom stereocenters. The van der Waals surface area contributed by atoms with Gasteiger partial charge in [0.15, 0.2) is 5.13 Å². The van der Waals surface area contributed by atoms with Crippen molar-refractivity contribution in [2.75, 3.05) is 11.9 Å². The standard InChI is InChI=1S/C11H12ClN3O3S2/c1-2-18-9-4-3-7(20(13,16)17)5-8(9)14-11-15-10(12)6-19-11/h3-6H,2H2,1H3,(H,14,15)(H2,13,16,17). The molecule has 108 valence electrons. The Balaban J connectivity index is 2.41. The van der Waals surface area contributed by atoms with Crippen molar-refractivity contribution in [3.8, 4) is 5.75 Å². The van der Waals surface area contributed by atoms with Gasteiger partial charge in [0.05, 0.1) is 17.2 Å². The summed E-state index contributed by atoms with van der Waals surface area (Å²) in [6.07, 6.45) is 0. The Bertz CT molecular complexity index is 715. The van der Waals surface area contributed by atoms with Crippen molar-refractivity contribution in [3.63, 3.8) is 0 Å². The van der Waals surface area contributed by atoms with E-state index in [0.29, 0.717) is 28.3 Å². The number of hydrogen-bond donors (Lipinski definition) is 2. The lowest BCUT2D eigenvalue weighted by molar-refractivity contribution is 0.342. The van der Waals surface area contributed by atoms with Crippen molar-refractivity contribution in [1.82, 2.24) is 4.98 Å². The van der Waals surface area contributed by atoms with Crippen molar-refractivity contribution in [2.24, 2.45) is 5.14 Å². The van der Waals surface area contributed by atoms with Gasteiger partial charge in [0, 0.05) is 5.38 Å². The molecule has 0 aliphatic heterocycles. The van der Waals surface area contributed by atoms with Gasteiger partial charge < -0.3 is 10.1 Å². The average Bonchev–Trinajstić information content (AvgIpc) is 2.76. The number of rotatable bonds is 5. The van der Waals surface area contributed by atoms with Crippen LogP contribution in [0.15, 0.2) is 28.5 Å². The van der Waals surface area contributed by atoms with Crippen molar-refractivity contribution in [1.29, 1.82) is 0 Å². The minimum Gasteiger partial charge on any atom is -0.492 e. The fourth-order valence-electron chi connectivity index (χ4n) is 1.49. The number of ether oxygens (including phenoxy) is 1. The molecule has 0 spiro atoms. The Labute approximate surface area is 125 Å². The summed E-state index contributed by atoms with van der Waals surface area (Å²) in [7, 11) is -3.78. The van der Waals surface area contributed by atoms with Crippen LogP contribution in [0.1, 0.15) is 6.92 Å². The van der Waals surface area contributed by atoms with E-state index in [9.17, 15) is 8.42 Å². The number of benzene rings is 1. The number of nitrogens with one attached hydrogen (secondary N) is 1. The van der Waals surface area contributed by atoms with E-state index in [4.69, 9.17) is 21.5 Å². The Kier molecular flexibility index (Phi) is 4.48. The minimum absolute atomic E-state index is 0.00824. The Morgan fingerprint density at radius 3 is 2.80 bits per heavy atom. The molecule has 6 nitrogen and oxygen atoms in total. The molecular formula is C11H12ClN3O3S2. The topological polar surface area (TPSA) is 94.3 Å². The number of primary sulfonamides is 1. The number of anilines is 2. The molecule has 0 saturated heterocycles. The first-order chi connectivity index (χ1) is 9.40. The SMILES string of the molecule is CCOc1ccc(S(N)(=O)=O)cc1Nc1nc(Cl)cs1. The second kappa shape index (κ2) is 5.96. The highest BCUT2D eigenvalue weighted by atomic mass is 35.5. The quantitative estimate of drug-likeness (QED) is 0.877. The second-order valence-corrected chi connectivity index (χ2v) is 6.54. The highest BCUT2D eigenvalue weighted by molar-refractivity contribution is 7.89. The summed E-state index contributed by atoms with van der Waals surface area (Å²) in [5, 5.41) is 10.6. The van der Waals surface area contributed by atoms with E-state index < -0.39 is 10.0 Å². The number of nitrogens with two attached hydrogens (primary N) is 1. The maximum Gasteiger partial charge on any atom is 0.238 e. The van der Waals surface area contributed by atoms with Gasteiger partial charge in [-0.1, -0.05) is 11.6 Å². The predicted octanol–water partition coefficient (Wildman–Crippen LogP) is 2.59. The molecule has 0 fully saturated rings. The van der Waals surface area contributed by atoms with Gasteiger partial charge in [-0.2, -0.15) is 0 Å². The summed E-state index contributed by atoms with van der Waals surface area (Å²) in [4.78, 5) is 4.03. The molecule has 20 heavy (non-hydrogen) atoms. The van der Waals surface area contributed by atoms with E-state index in [1.54, 1.807) is 11.4 Å². The minimum atomic E-state index is -3.78. The van der Waals surface area contributed by atoms with Gasteiger partial charge in [0.25, 0.3) is 0 Å². The molecule has 1 aromatic heterocycles. The van der Waals surface area contributed by atoms with Gasteiger partial charge in [0.2, 0.25) is 10.0 Å². The normalized spacial score (nSPS) is 11.3. The average molecular weight is 334 g/mol. The monoisotopic (exact) mass is 333 g/mol. The Morgan fingerprint density at radius 2 is 2.25 bits per heavy atom. The largest absolute Gasteiger partial charge is 0.492 e. The zero-order valence-electron chi connectivity index (χ0n) is 10.5. The van der Waals surface area contributed by atoms with E-state index in [1.807, 2.05) is 6.92 Å². The summed E-state index contributed by atoms with van der Waals surface area (Å²) in [5.41, 5.74) is 0.462. The third kappa shape index (κ3) is 3.60. The molecule has 3 N–H and O–H groups in total. The first-order valence-electron chi connectivity index (χ1n) is 5.58. The van der Waals surface area contributed by atoms with Crippen LogP contribution in [0.3, 0.4) is 0 Å². The highest BCUT2D eigenvalue weighted by Crippen LogP contribution is 2.32. The van der Waals surface area contributed by atoms with E-state index in [-0.39, 0.29) is 4.90 Å². The third-order valence-electron chi connectivity index (χ3n) is 2.30. The fourth-order valence-corrected chi connectivity index (χ4v) is 2.88. The molecule has 9 heteroatoms. The Hall–Kier alpha value is -1.35. The molecule has 0 saturated carbocycles. The van der Waals surface area contributed by atoms with Crippen molar-refractivity contribution in [2.45, 2.75) is 11.8 Å². The van der Waals surface area contributed by atoms with Gasteiger partial charge in [-0.25, -0.2) is 18.5 Å². The number of thiazole rings is 1. The third-order valence-corrected chi connectivity index (χ3v) is 4.29. The smallest absolute Gasteiger partial charge is 0.238 e. The maximum atomic E-state index is 11.4. The number of halogens is 1. The van der Waals surface area contributed by atoms with Gasteiger partial charge in [0.1, 0.15) is 10.9 Å². The van der Waals surface area contributed by atoms with Crippen molar-refractivity contribution in [3.05, 3.63) is 28.7 Å². The molecule has 2 aromatic rings. The van der Waals surface area contributed by atoms with Crippen LogP contribution in [0.2, 0.25) is 5.15 Å². The molecule has 0 atom stereocenters. The summed E-state index contributed by atoms with van der Waals surface area (Å²) >= 11 is 7.04. The lowest BCUT2D eigenvalue weighted by atomic mass is 10.3. The number of aromatic nitrogens is 1. The van der Waals surface area contributed by atoms with Crippen LogP contribution in [0.5, 0.6) is 5.75 Å². The van der Waals surface area contributed by atoms with Crippen LogP contribution in [-0.4, -0.2) is 20.0 Å². The molecule has 1 aromatic carbocycles. The Morgan fingerprint density at radius 1 is 1.50 bits per heavy atom. The zero-order chi connectivity index (χ0) is 14.8. The molecule has 0 radical (unpaired) electrons. The van der Waals surface area contributed by atoms with Crippen LogP contribution in [0.4, 0.5) is 10.8 Å². The number of hydrogen-bond acceptors (Lipinski definition) is 6. The highest BCUT2D eigenvalue weighted by Gasteiger charge is 2.13. The van der Waals surface area contributed by atoms with Crippen LogP contribution in [0.25, 0.3) is 0 Å². The number of nitrogens with zero attached hydrogens (tertiary/aromatic N) is 1. The van der Waals surface area contributed by atoms with Gasteiger partial charge in [-0.15, -0.1) is 11.3 Å². The molecule has 2 rings (SSSR count).